The predicted octanol–water partition coefficient (Wildman–Crippen LogP) is -0.619. The summed E-state index contributed by atoms with van der Waals surface area (Å²) < 4.78 is 151. The van der Waals surface area contributed by atoms with Crippen LogP contribution in [0, 0.1) is 11.8 Å². The van der Waals surface area contributed by atoms with E-state index in [0.717, 1.165) is 34.5 Å². The minimum absolute atomic E-state index is 0. The molecule has 0 aliphatic carbocycles. The number of anilines is 2. The number of carbonyl (C=O) groups excluding carboxylic acids is 2. The number of nitrogens with zero attached hydrogens (tertiary/aromatic N) is 3. The summed E-state index contributed by atoms with van der Waals surface area (Å²) in [5, 5.41) is 3.05. The average molecular weight is 1320 g/mol. The van der Waals surface area contributed by atoms with Crippen LogP contribution >= 0.6 is 0 Å². The van der Waals surface area contributed by atoms with Crippen molar-refractivity contribution < 1.29 is 220 Å². The number of rotatable bonds is 18. The van der Waals surface area contributed by atoms with Crippen LogP contribution in [0.25, 0.3) is 21.5 Å². The summed E-state index contributed by atoms with van der Waals surface area (Å²) in [5.41, 5.74) is 4.97. The Morgan fingerprint density at radius 3 is 1.78 bits per heavy atom. The van der Waals surface area contributed by atoms with Crippen LogP contribution in [0.15, 0.2) is 165 Å². The number of carbonyl (C=O) groups is 2. The molecule has 3 aliphatic heterocycles. The van der Waals surface area contributed by atoms with Crippen molar-refractivity contribution in [3.05, 3.63) is 173 Å². The van der Waals surface area contributed by atoms with Gasteiger partial charge in [0.25, 0.3) is 0 Å². The molecule has 6 aromatic carbocycles. The summed E-state index contributed by atoms with van der Waals surface area (Å²) in [6.07, 6.45) is 14.4. The number of allylic oxidation sites excluding steroid dienone is 8. The van der Waals surface area contributed by atoms with Gasteiger partial charge in [0.05, 0.1) is 37.2 Å². The van der Waals surface area contributed by atoms with Gasteiger partial charge < -0.3 is 33.3 Å². The van der Waals surface area contributed by atoms with Crippen LogP contribution in [-0.2, 0) is 67.4 Å². The number of likely N-dealkylation sites (N-methyl/N-ethyl adjacent to an activating group) is 1. The molecule has 18 nitrogen and oxygen atoms in total. The Kier molecular flexibility index (Phi) is 24.3. The number of hydrogen-bond donors (Lipinski definition) is 1. The van der Waals surface area contributed by atoms with Gasteiger partial charge >= 0.3 is 154 Å². The van der Waals surface area contributed by atoms with Gasteiger partial charge in [0.2, 0.25) is 17.5 Å². The fourth-order valence-corrected chi connectivity index (χ4v) is 14.2. The van der Waals surface area contributed by atoms with Crippen LogP contribution in [0.3, 0.4) is 0 Å². The molecule has 0 radical (unpaired) electrons. The molecule has 25 heteroatoms. The van der Waals surface area contributed by atoms with Crippen molar-refractivity contribution in [1.29, 1.82) is 0 Å². The molecule has 1 N–H and O–H groups in total. The summed E-state index contributed by atoms with van der Waals surface area (Å²) >= 11 is 0. The number of para-hydroxylation sites is 1. The molecule has 0 saturated carbocycles. The topological polar surface area (TPSA) is 284 Å². The second-order valence-corrected chi connectivity index (χ2v) is 26.8. The van der Waals surface area contributed by atoms with Crippen LogP contribution in [0.1, 0.15) is 94.5 Å². The number of nitrogens with one attached hydrogen (secondary N) is 1. The second kappa shape index (κ2) is 28.9. The summed E-state index contributed by atoms with van der Waals surface area (Å²) in [4.78, 5) is 27.1. The zero-order valence-electron chi connectivity index (χ0n) is 48.8. The van der Waals surface area contributed by atoms with Crippen molar-refractivity contribution in [3.63, 3.8) is 0 Å². The largest absolute Gasteiger partial charge is 1.00 e. The van der Waals surface area contributed by atoms with E-state index in [1.54, 1.807) is 47.4 Å². The molecule has 0 bridgehead atoms. The minimum Gasteiger partial charge on any atom is -0.744 e. The monoisotopic (exact) mass is 1310 g/mol. The summed E-state index contributed by atoms with van der Waals surface area (Å²) in [7, 11) is -20.9. The average Bonchev–Trinajstić information content (AvgIpc) is 1.52. The van der Waals surface area contributed by atoms with Crippen LogP contribution in [-0.4, -0.2) is 93.6 Å². The Labute approximate surface area is 630 Å². The third-order valence-corrected chi connectivity index (χ3v) is 18.7. The van der Waals surface area contributed by atoms with E-state index in [9.17, 15) is 61.5 Å². The van der Waals surface area contributed by atoms with E-state index in [-0.39, 0.29) is 207 Å². The first kappa shape index (κ1) is 72.4. The van der Waals surface area contributed by atoms with Gasteiger partial charge in [0.1, 0.15) is 47.0 Å². The van der Waals surface area contributed by atoms with E-state index in [0.29, 0.717) is 84.9 Å². The maximum Gasteiger partial charge on any atom is 1.00 e. The van der Waals surface area contributed by atoms with Crippen molar-refractivity contribution >= 4 is 96.6 Å². The van der Waals surface area contributed by atoms with Gasteiger partial charge in [-0.1, -0.05) is 92.5 Å². The first-order chi connectivity index (χ1) is 39.0. The molecular formula is C61H57K3N4O14S4. The van der Waals surface area contributed by atoms with E-state index >= 15 is 0 Å². The summed E-state index contributed by atoms with van der Waals surface area (Å²) in [6.45, 7) is 10.6. The molecule has 0 unspecified atom stereocenters. The zero-order valence-corrected chi connectivity index (χ0v) is 61.5. The number of unbranched alkanes of at least 4 members (excludes halogenated alkanes) is 2. The Bertz CT molecular complexity index is 4430. The van der Waals surface area contributed by atoms with Crippen molar-refractivity contribution in [2.45, 2.75) is 104 Å². The molecule has 3 aliphatic rings. The van der Waals surface area contributed by atoms with Gasteiger partial charge in [0.15, 0.2) is 5.71 Å². The molecule has 2 amide bonds. The van der Waals surface area contributed by atoms with E-state index in [4.69, 9.17) is 0 Å². The number of amides is 2. The van der Waals surface area contributed by atoms with Gasteiger partial charge in [0, 0.05) is 83.4 Å². The number of benzene rings is 6. The standard InChI is InChI=1S/C61H60N4O14S4.3K/c1-6-63-50-30-28-45-47(35-43(80(68,69)70)37-52(45)82(74,75)76)58(50)60(2,3)54(63)23-11-8-7-9-12-24-55-61(4,5)59-48-36-44(81(71,72)73)38-53(83(77,78)79)46(48)29-31-51(59)64(55)34-18-10-13-25-56(66)62-33-32-57(67)65-39-42-21-15-14-19-40(42)26-27-41-20-16-17-22-49(41)65;;;/h7-9,11-12,14-17,19-24,28-31,35-38H,6,10,13,18,25,32-34,39H2,1-5H3,(H4-,62,66,68,69,70,71,72,73,74,75,76,77,78,79);;;/q;3*+1/p-3. The molecule has 0 spiro atoms. The normalized spacial score (nSPS) is 15.8. The molecule has 3 heterocycles. The van der Waals surface area contributed by atoms with Crippen LogP contribution in [0.4, 0.5) is 17.1 Å². The molecule has 0 atom stereocenters. The van der Waals surface area contributed by atoms with Gasteiger partial charge in [-0.2, -0.15) is 4.58 Å². The Morgan fingerprint density at radius 1 is 0.605 bits per heavy atom. The van der Waals surface area contributed by atoms with Crippen molar-refractivity contribution in [3.8, 4) is 11.8 Å². The molecule has 432 valence electrons. The number of fused-ring (bicyclic) bond motifs is 8. The first-order valence-corrected chi connectivity index (χ1v) is 32.1. The van der Waals surface area contributed by atoms with Crippen LogP contribution in [0.5, 0.6) is 0 Å². The van der Waals surface area contributed by atoms with Gasteiger partial charge in [-0.15, -0.1) is 0 Å². The van der Waals surface area contributed by atoms with Gasteiger partial charge in [-0.05, 0) is 122 Å². The molecular weight excluding hydrogens is 1260 g/mol. The fraction of sp³-hybridized carbons (Fsp3) is 0.262. The third kappa shape index (κ3) is 15.4. The smallest absolute Gasteiger partial charge is 0.744 e. The molecule has 6 aromatic rings. The quantitative estimate of drug-likeness (QED) is 0.0280. The van der Waals surface area contributed by atoms with Gasteiger partial charge in [-0.25, -0.2) is 33.7 Å². The molecule has 86 heavy (non-hydrogen) atoms. The first-order valence-electron chi connectivity index (χ1n) is 26.5. The SMILES string of the molecule is CCN1/C(=C/C=C/C=C/C=C/C2=[N+](CCCCCC(=O)NCCC(=O)N3Cc4ccccc4C#Cc4ccccc43)c3ccc4c(S(=O)(=O)[O-])cc(S(=O)(=O)[O-])cc4c3C2(C)C)C(C)(C)c2c1ccc1c(S(=O)(=O)[O-])cc(S(=O)(=O)[O-])cc21.[K+].[K+].[K+]. The van der Waals surface area contributed by atoms with E-state index in [2.05, 4.69) is 17.2 Å². The van der Waals surface area contributed by atoms with E-state index in [1.807, 2.05) is 105 Å². The number of hydrogen-bond acceptors (Lipinski definition) is 15. The Morgan fingerprint density at radius 2 is 1.16 bits per heavy atom. The van der Waals surface area contributed by atoms with Crippen molar-refractivity contribution in [1.82, 2.24) is 5.32 Å². The molecule has 9 rings (SSSR count). The van der Waals surface area contributed by atoms with Crippen molar-refractivity contribution in [2.24, 2.45) is 0 Å². The molecule has 0 aromatic heterocycles. The maximum absolute atomic E-state index is 13.7. The Balaban J connectivity index is 0.00000394. The fourth-order valence-electron chi connectivity index (χ4n) is 11.5. The predicted molar refractivity (Wildman–Crippen MR) is 310 cm³/mol. The summed E-state index contributed by atoms with van der Waals surface area (Å²) in [6, 6.07) is 24.6. The maximum atomic E-state index is 13.7. The Hall–Kier alpha value is -2.68. The molecule has 0 fully saturated rings. The zero-order chi connectivity index (χ0) is 60.0. The second-order valence-electron chi connectivity index (χ2n) is 21.3. The molecule has 0 saturated heterocycles. The van der Waals surface area contributed by atoms with Gasteiger partial charge in [-0.3, -0.25) is 9.59 Å². The van der Waals surface area contributed by atoms with Crippen molar-refractivity contribution in [2.75, 3.05) is 29.4 Å². The third-order valence-electron chi connectivity index (χ3n) is 15.3. The van der Waals surface area contributed by atoms with Crippen LogP contribution < -0.4 is 169 Å². The van der Waals surface area contributed by atoms with Crippen LogP contribution in [0.2, 0.25) is 0 Å². The van der Waals surface area contributed by atoms with E-state index in [1.165, 1.54) is 12.1 Å². The summed E-state index contributed by atoms with van der Waals surface area (Å²) in [5.74, 6) is 6.00. The van der Waals surface area contributed by atoms with E-state index < -0.39 is 70.9 Å². The minimum atomic E-state index is -5.26.